The van der Waals surface area contributed by atoms with Crippen LogP contribution in [0.1, 0.15) is 23.2 Å². The number of halogens is 5. The molecule has 4 heterocycles. The van der Waals surface area contributed by atoms with Gasteiger partial charge in [-0.2, -0.15) is 13.2 Å². The van der Waals surface area contributed by atoms with Gasteiger partial charge in [0.05, 0.1) is 36.8 Å². The van der Waals surface area contributed by atoms with Gasteiger partial charge in [0.2, 0.25) is 11.8 Å². The molecule has 2 aromatic heterocycles. The normalized spacial score (nSPS) is 18.1. The SMILES string of the molecule is COc1ncc(N2CCc3ncnc(OC4CCNC4)c3C2)cc1C(F)(F)F.Cl.Cl. The maximum Gasteiger partial charge on any atom is 0.421 e. The Hall–Kier alpha value is -2.04. The Kier molecular flexibility index (Phi) is 7.95. The van der Waals surface area contributed by atoms with E-state index in [0.29, 0.717) is 31.1 Å². The molecule has 1 unspecified atom stereocenters. The molecule has 0 aliphatic carbocycles. The molecule has 1 fully saturated rings. The molecule has 0 bridgehead atoms. The van der Waals surface area contributed by atoms with Crippen LogP contribution < -0.4 is 19.7 Å². The highest BCUT2D eigenvalue weighted by Crippen LogP contribution is 2.38. The van der Waals surface area contributed by atoms with Gasteiger partial charge in [0.15, 0.2) is 0 Å². The van der Waals surface area contributed by atoms with Gasteiger partial charge in [-0.15, -0.1) is 24.8 Å². The lowest BCUT2D eigenvalue weighted by Gasteiger charge is -2.31. The molecule has 1 atom stereocenters. The van der Waals surface area contributed by atoms with E-state index in [1.807, 2.05) is 4.90 Å². The van der Waals surface area contributed by atoms with Gasteiger partial charge in [0.25, 0.3) is 0 Å². The van der Waals surface area contributed by atoms with Gasteiger partial charge in [-0.05, 0) is 19.0 Å². The van der Waals surface area contributed by atoms with Crippen LogP contribution in [-0.2, 0) is 19.1 Å². The summed E-state index contributed by atoms with van der Waals surface area (Å²) in [5, 5.41) is 3.23. The van der Waals surface area contributed by atoms with Gasteiger partial charge in [0.1, 0.15) is 18.0 Å². The second-order valence-corrected chi connectivity index (χ2v) is 6.76. The summed E-state index contributed by atoms with van der Waals surface area (Å²) in [6.07, 6.45) is -0.166. The first-order valence-corrected chi connectivity index (χ1v) is 9.02. The van der Waals surface area contributed by atoms with E-state index in [9.17, 15) is 13.2 Å². The van der Waals surface area contributed by atoms with Crippen molar-refractivity contribution >= 4 is 30.5 Å². The van der Waals surface area contributed by atoms with Crippen LogP contribution in [0.4, 0.5) is 18.9 Å². The molecule has 0 spiro atoms. The monoisotopic (exact) mass is 467 g/mol. The molecule has 12 heteroatoms. The van der Waals surface area contributed by atoms with E-state index in [4.69, 9.17) is 9.47 Å². The van der Waals surface area contributed by atoms with Crippen LogP contribution in [0.3, 0.4) is 0 Å². The Morgan fingerprint density at radius 1 is 1.17 bits per heavy atom. The Bertz CT molecular complexity index is 866. The predicted octanol–water partition coefficient (Wildman–Crippen LogP) is 3.05. The van der Waals surface area contributed by atoms with Crippen LogP contribution in [-0.4, -0.2) is 47.8 Å². The van der Waals surface area contributed by atoms with Crippen LogP contribution in [0.15, 0.2) is 18.6 Å². The van der Waals surface area contributed by atoms with Crippen LogP contribution in [0.5, 0.6) is 11.8 Å². The number of ether oxygens (including phenoxy) is 2. The number of alkyl halides is 3. The summed E-state index contributed by atoms with van der Waals surface area (Å²) < 4.78 is 50.8. The third-order valence-electron chi connectivity index (χ3n) is 4.96. The summed E-state index contributed by atoms with van der Waals surface area (Å²) in [6.45, 7) is 2.53. The summed E-state index contributed by atoms with van der Waals surface area (Å²) in [7, 11) is 1.17. The van der Waals surface area contributed by atoms with Crippen molar-refractivity contribution in [1.82, 2.24) is 20.3 Å². The fourth-order valence-corrected chi connectivity index (χ4v) is 3.50. The van der Waals surface area contributed by atoms with Gasteiger partial charge in [-0.25, -0.2) is 15.0 Å². The number of methoxy groups -OCH3 is 1. The summed E-state index contributed by atoms with van der Waals surface area (Å²) in [5.74, 6) is 0.0654. The summed E-state index contributed by atoms with van der Waals surface area (Å²) in [6, 6.07) is 1.07. The van der Waals surface area contributed by atoms with E-state index < -0.39 is 17.6 Å². The first-order chi connectivity index (χ1) is 13.5. The molecular weight excluding hydrogens is 446 g/mol. The fraction of sp³-hybridized carbons (Fsp3) is 0.500. The van der Waals surface area contributed by atoms with Crippen LogP contribution >= 0.6 is 24.8 Å². The minimum atomic E-state index is -4.55. The van der Waals surface area contributed by atoms with Crippen molar-refractivity contribution in [2.75, 3.05) is 31.6 Å². The molecule has 30 heavy (non-hydrogen) atoms. The number of hydrogen-bond acceptors (Lipinski definition) is 7. The van der Waals surface area contributed by atoms with Gasteiger partial charge in [-0.1, -0.05) is 0 Å². The first-order valence-electron chi connectivity index (χ1n) is 9.02. The summed E-state index contributed by atoms with van der Waals surface area (Å²) in [5.41, 5.74) is 1.15. The Morgan fingerprint density at radius 3 is 2.63 bits per heavy atom. The minimum Gasteiger partial charge on any atom is -0.481 e. The highest BCUT2D eigenvalue weighted by molar-refractivity contribution is 5.85. The highest BCUT2D eigenvalue weighted by atomic mass is 35.5. The standard InChI is InChI=1S/C18H20F3N5O2.2ClH/c1-27-17-14(18(19,20)21)6-11(7-23-17)26-5-3-15-13(9-26)16(25-10-24-15)28-12-2-4-22-8-12;;/h6-7,10,12,22H,2-5,8-9H2,1H3;2*1H. The summed E-state index contributed by atoms with van der Waals surface area (Å²) in [4.78, 5) is 14.3. The highest BCUT2D eigenvalue weighted by Gasteiger charge is 2.36. The predicted molar refractivity (Wildman–Crippen MR) is 109 cm³/mol. The Balaban J connectivity index is 0.00000160. The molecule has 4 rings (SSSR count). The zero-order valence-electron chi connectivity index (χ0n) is 16.1. The average Bonchev–Trinajstić information content (AvgIpc) is 3.20. The number of nitrogens with one attached hydrogen (secondary N) is 1. The third kappa shape index (κ3) is 4.98. The lowest BCUT2D eigenvalue weighted by Crippen LogP contribution is -2.32. The van der Waals surface area contributed by atoms with Crippen molar-refractivity contribution in [2.24, 2.45) is 0 Å². The molecule has 0 amide bonds. The van der Waals surface area contributed by atoms with Crippen molar-refractivity contribution in [3.8, 4) is 11.8 Å². The molecule has 7 nitrogen and oxygen atoms in total. The molecule has 0 saturated carbocycles. The Labute approximate surface area is 184 Å². The van der Waals surface area contributed by atoms with Gasteiger partial charge >= 0.3 is 6.18 Å². The number of nitrogens with zero attached hydrogens (tertiary/aromatic N) is 4. The molecule has 0 aromatic carbocycles. The Morgan fingerprint density at radius 2 is 1.97 bits per heavy atom. The van der Waals surface area contributed by atoms with Crippen molar-refractivity contribution in [2.45, 2.75) is 31.7 Å². The van der Waals surface area contributed by atoms with Crippen LogP contribution in [0, 0.1) is 0 Å². The van der Waals surface area contributed by atoms with E-state index in [-0.39, 0.29) is 30.9 Å². The second kappa shape index (κ2) is 9.84. The fourth-order valence-electron chi connectivity index (χ4n) is 3.50. The van der Waals surface area contributed by atoms with Crippen LogP contribution in [0.2, 0.25) is 0 Å². The number of fused-ring (bicyclic) bond motifs is 1. The van der Waals surface area contributed by atoms with Gasteiger partial charge in [-0.3, -0.25) is 0 Å². The van der Waals surface area contributed by atoms with Crippen molar-refractivity contribution < 1.29 is 22.6 Å². The number of rotatable bonds is 4. The molecule has 0 radical (unpaired) electrons. The van der Waals surface area contributed by atoms with Gasteiger partial charge < -0.3 is 19.7 Å². The third-order valence-corrected chi connectivity index (χ3v) is 4.96. The lowest BCUT2D eigenvalue weighted by molar-refractivity contribution is -0.139. The van der Waals surface area contributed by atoms with Crippen molar-refractivity contribution in [3.63, 3.8) is 0 Å². The van der Waals surface area contributed by atoms with E-state index in [0.717, 1.165) is 36.8 Å². The first kappa shape index (κ1) is 24.2. The maximum atomic E-state index is 13.3. The van der Waals surface area contributed by atoms with Crippen molar-refractivity contribution in [3.05, 3.63) is 35.4 Å². The maximum absolute atomic E-state index is 13.3. The smallest absolute Gasteiger partial charge is 0.421 e. The number of aromatic nitrogens is 3. The topological polar surface area (TPSA) is 72.4 Å². The van der Waals surface area contributed by atoms with Crippen molar-refractivity contribution in [1.29, 1.82) is 0 Å². The average molecular weight is 468 g/mol. The van der Waals surface area contributed by atoms with E-state index in [2.05, 4.69) is 20.3 Å². The zero-order chi connectivity index (χ0) is 19.7. The number of pyridine rings is 1. The molecule has 2 aromatic rings. The lowest BCUT2D eigenvalue weighted by atomic mass is 10.1. The molecule has 166 valence electrons. The largest absolute Gasteiger partial charge is 0.481 e. The molecule has 2 aliphatic rings. The molecule has 1 N–H and O–H groups in total. The number of hydrogen-bond donors (Lipinski definition) is 1. The van der Waals surface area contributed by atoms with Crippen LogP contribution in [0.25, 0.3) is 0 Å². The zero-order valence-corrected chi connectivity index (χ0v) is 17.7. The quantitative estimate of drug-likeness (QED) is 0.740. The van der Waals surface area contributed by atoms with E-state index in [1.165, 1.54) is 19.6 Å². The summed E-state index contributed by atoms with van der Waals surface area (Å²) >= 11 is 0. The van der Waals surface area contributed by atoms with E-state index in [1.54, 1.807) is 0 Å². The second-order valence-electron chi connectivity index (χ2n) is 6.76. The number of anilines is 1. The molecular formula is C18H22Cl2F3N5O2. The molecule has 1 saturated heterocycles. The van der Waals surface area contributed by atoms with Gasteiger partial charge in [0, 0.05) is 19.5 Å². The minimum absolute atomic E-state index is 0. The van der Waals surface area contributed by atoms with E-state index >= 15 is 0 Å². The molecule has 2 aliphatic heterocycles.